The molecule has 1 aromatic carbocycles. The summed E-state index contributed by atoms with van der Waals surface area (Å²) in [5, 5.41) is 7.39. The molecule has 2 heterocycles. The van der Waals surface area contributed by atoms with Gasteiger partial charge in [0.05, 0.1) is 18.9 Å². The Balaban J connectivity index is 0.00000196. The Morgan fingerprint density at radius 3 is 2.85 bits per heavy atom. The van der Waals surface area contributed by atoms with Crippen molar-refractivity contribution in [3.05, 3.63) is 35.7 Å². The summed E-state index contributed by atoms with van der Waals surface area (Å²) in [5.74, 6) is 2.20. The Morgan fingerprint density at radius 2 is 2.12 bits per heavy atom. The molecule has 1 saturated heterocycles. The zero-order valence-corrected chi connectivity index (χ0v) is 16.3. The van der Waals surface area contributed by atoms with E-state index in [1.54, 1.807) is 0 Å². The van der Waals surface area contributed by atoms with Gasteiger partial charge in [-0.05, 0) is 50.8 Å². The van der Waals surface area contributed by atoms with Crippen LogP contribution < -0.4 is 10.6 Å². The summed E-state index contributed by atoms with van der Waals surface area (Å²) in [6.45, 7) is 6.56. The van der Waals surface area contributed by atoms with Gasteiger partial charge >= 0.3 is 0 Å². The predicted octanol–water partition coefficient (Wildman–Crippen LogP) is 3.95. The number of oxazole rings is 1. The molecule has 1 aromatic heterocycles. The summed E-state index contributed by atoms with van der Waals surface area (Å²) in [6, 6.07) is 9.35. The molecular weight excluding hydrogens is 350 g/mol. The number of anilines is 1. The van der Waals surface area contributed by atoms with Crippen LogP contribution in [0.3, 0.4) is 0 Å². The van der Waals surface area contributed by atoms with Crippen molar-refractivity contribution in [2.24, 2.45) is 5.92 Å². The molecule has 1 aliphatic carbocycles. The molecule has 2 aliphatic rings. The molecular formula is C20H28ClN3O2. The molecule has 2 aromatic rings. The number of benzene rings is 1. The van der Waals surface area contributed by atoms with Gasteiger partial charge in [0.1, 0.15) is 5.76 Å². The molecule has 0 radical (unpaired) electrons. The summed E-state index contributed by atoms with van der Waals surface area (Å²) in [5.41, 5.74) is 3.11. The topological polar surface area (TPSA) is 59.3 Å². The van der Waals surface area contributed by atoms with Gasteiger partial charge in [-0.1, -0.05) is 12.5 Å². The minimum Gasteiger partial charge on any atom is -0.441 e. The molecule has 3 atom stereocenters. The molecule has 0 spiro atoms. The van der Waals surface area contributed by atoms with E-state index in [9.17, 15) is 0 Å². The van der Waals surface area contributed by atoms with Gasteiger partial charge in [-0.25, -0.2) is 4.98 Å². The second-order valence-electron chi connectivity index (χ2n) is 7.22. The van der Waals surface area contributed by atoms with Crippen LogP contribution in [0.5, 0.6) is 0 Å². The first-order valence-corrected chi connectivity index (χ1v) is 9.33. The van der Waals surface area contributed by atoms with Gasteiger partial charge < -0.3 is 19.8 Å². The van der Waals surface area contributed by atoms with E-state index >= 15 is 0 Å². The van der Waals surface area contributed by atoms with Crippen molar-refractivity contribution >= 4 is 18.1 Å². The van der Waals surface area contributed by atoms with Gasteiger partial charge in [0.25, 0.3) is 0 Å². The first-order valence-electron chi connectivity index (χ1n) is 9.33. The molecule has 5 nitrogen and oxygen atoms in total. The average molecular weight is 378 g/mol. The van der Waals surface area contributed by atoms with E-state index in [2.05, 4.69) is 39.9 Å². The molecule has 1 saturated carbocycles. The lowest BCUT2D eigenvalue weighted by Gasteiger charge is -2.33. The van der Waals surface area contributed by atoms with E-state index in [-0.39, 0.29) is 12.4 Å². The van der Waals surface area contributed by atoms with Crippen LogP contribution in [0.15, 0.2) is 28.7 Å². The van der Waals surface area contributed by atoms with Gasteiger partial charge in [-0.3, -0.25) is 0 Å². The molecule has 142 valence electrons. The average Bonchev–Trinajstić information content (AvgIpc) is 3.23. The van der Waals surface area contributed by atoms with E-state index in [1.165, 1.54) is 19.3 Å². The first-order chi connectivity index (χ1) is 12.2. The third kappa shape index (κ3) is 4.05. The standard InChI is InChI=1S/C20H27N3O2.ClH/c1-13-14(2)25-20(22-13)15-5-3-6-16(11-15)23-18-8-4-7-17(18)19-12-24-10-9-21-19;/h3,5-6,11,17-19,21,23H,4,7-10,12H2,1-2H3;1H. The lowest BCUT2D eigenvalue weighted by molar-refractivity contribution is 0.0559. The van der Waals surface area contributed by atoms with Gasteiger partial charge in [-0.2, -0.15) is 0 Å². The summed E-state index contributed by atoms with van der Waals surface area (Å²) < 4.78 is 11.4. The molecule has 6 heteroatoms. The van der Waals surface area contributed by atoms with Crippen LogP contribution in [0.4, 0.5) is 5.69 Å². The Bertz CT molecular complexity index is 708. The van der Waals surface area contributed by atoms with Crippen molar-refractivity contribution in [2.45, 2.75) is 45.2 Å². The number of aryl methyl sites for hydroxylation is 2. The normalized spacial score (nSPS) is 25.7. The third-order valence-electron chi connectivity index (χ3n) is 5.53. The number of aromatic nitrogens is 1. The molecule has 0 amide bonds. The van der Waals surface area contributed by atoms with Crippen molar-refractivity contribution in [3.63, 3.8) is 0 Å². The number of halogens is 1. The molecule has 26 heavy (non-hydrogen) atoms. The monoisotopic (exact) mass is 377 g/mol. The lowest BCUT2D eigenvalue weighted by atomic mass is 9.93. The zero-order chi connectivity index (χ0) is 17.2. The maximum atomic E-state index is 5.78. The Labute approximate surface area is 161 Å². The second-order valence-corrected chi connectivity index (χ2v) is 7.22. The summed E-state index contributed by atoms with van der Waals surface area (Å²) >= 11 is 0. The number of rotatable bonds is 4. The van der Waals surface area contributed by atoms with Crippen LogP contribution >= 0.6 is 12.4 Å². The van der Waals surface area contributed by atoms with E-state index in [0.717, 1.165) is 42.5 Å². The van der Waals surface area contributed by atoms with Crippen molar-refractivity contribution in [1.29, 1.82) is 0 Å². The summed E-state index contributed by atoms with van der Waals surface area (Å²) in [7, 11) is 0. The zero-order valence-electron chi connectivity index (χ0n) is 15.5. The third-order valence-corrected chi connectivity index (χ3v) is 5.53. The van der Waals surface area contributed by atoms with Crippen LogP contribution in [0.1, 0.15) is 30.7 Å². The Morgan fingerprint density at radius 1 is 1.23 bits per heavy atom. The minimum atomic E-state index is 0. The molecule has 2 N–H and O–H groups in total. The minimum absolute atomic E-state index is 0. The van der Waals surface area contributed by atoms with Crippen molar-refractivity contribution in [1.82, 2.24) is 10.3 Å². The Kier molecular flexibility index (Phi) is 6.22. The van der Waals surface area contributed by atoms with Gasteiger partial charge in [0.2, 0.25) is 5.89 Å². The smallest absolute Gasteiger partial charge is 0.226 e. The van der Waals surface area contributed by atoms with Crippen LogP contribution in [0.2, 0.25) is 0 Å². The largest absolute Gasteiger partial charge is 0.441 e. The number of morpholine rings is 1. The van der Waals surface area contributed by atoms with Crippen molar-refractivity contribution in [2.75, 3.05) is 25.1 Å². The molecule has 1 aliphatic heterocycles. The maximum absolute atomic E-state index is 5.78. The fourth-order valence-corrected chi connectivity index (χ4v) is 4.06. The molecule has 0 bridgehead atoms. The van der Waals surface area contributed by atoms with E-state index < -0.39 is 0 Å². The fourth-order valence-electron chi connectivity index (χ4n) is 4.06. The quantitative estimate of drug-likeness (QED) is 0.844. The highest BCUT2D eigenvalue weighted by atomic mass is 35.5. The molecule has 3 unspecified atom stereocenters. The number of nitrogens with one attached hydrogen (secondary N) is 2. The number of nitrogens with zero attached hydrogens (tertiary/aromatic N) is 1. The van der Waals surface area contributed by atoms with Crippen LogP contribution in [0, 0.1) is 19.8 Å². The van der Waals surface area contributed by atoms with E-state index in [4.69, 9.17) is 9.15 Å². The van der Waals surface area contributed by atoms with Gasteiger partial charge in [0, 0.05) is 29.9 Å². The number of hydrogen-bond acceptors (Lipinski definition) is 5. The predicted molar refractivity (Wildman–Crippen MR) is 106 cm³/mol. The molecule has 2 fully saturated rings. The van der Waals surface area contributed by atoms with E-state index in [1.807, 2.05) is 13.8 Å². The van der Waals surface area contributed by atoms with E-state index in [0.29, 0.717) is 23.9 Å². The molecule has 4 rings (SSSR count). The fraction of sp³-hybridized carbons (Fsp3) is 0.550. The first kappa shape index (κ1) is 19.2. The summed E-state index contributed by atoms with van der Waals surface area (Å²) in [4.78, 5) is 4.52. The highest BCUT2D eigenvalue weighted by Crippen LogP contribution is 2.33. The van der Waals surface area contributed by atoms with Crippen LogP contribution in [-0.4, -0.2) is 36.8 Å². The summed E-state index contributed by atoms with van der Waals surface area (Å²) in [6.07, 6.45) is 3.75. The highest BCUT2D eigenvalue weighted by Gasteiger charge is 2.34. The SMILES string of the molecule is Cc1nc(-c2cccc(NC3CCCC3C3COCCN3)c2)oc1C.Cl. The van der Waals surface area contributed by atoms with Gasteiger partial charge in [0.15, 0.2) is 0 Å². The maximum Gasteiger partial charge on any atom is 0.226 e. The number of ether oxygens (including phenoxy) is 1. The Hall–Kier alpha value is -1.56. The highest BCUT2D eigenvalue weighted by molar-refractivity contribution is 5.85. The second kappa shape index (κ2) is 8.42. The number of hydrogen-bond donors (Lipinski definition) is 2. The lowest BCUT2D eigenvalue weighted by Crippen LogP contribution is -2.49. The van der Waals surface area contributed by atoms with Crippen LogP contribution in [-0.2, 0) is 4.74 Å². The van der Waals surface area contributed by atoms with Crippen molar-refractivity contribution < 1.29 is 9.15 Å². The van der Waals surface area contributed by atoms with Gasteiger partial charge in [-0.15, -0.1) is 12.4 Å². The van der Waals surface area contributed by atoms with Crippen LogP contribution in [0.25, 0.3) is 11.5 Å². The van der Waals surface area contributed by atoms with Crippen molar-refractivity contribution in [3.8, 4) is 11.5 Å².